The van der Waals surface area contributed by atoms with Gasteiger partial charge in [0.05, 0.1) is 11.3 Å². The molecule has 0 saturated carbocycles. The molecule has 2 amide bonds. The maximum Gasteiger partial charge on any atom is 0.274 e. The van der Waals surface area contributed by atoms with Gasteiger partial charge in [-0.15, -0.1) is 0 Å². The molecule has 2 aromatic heterocycles. The fraction of sp³-hybridized carbons (Fsp3) is 0.400. The van der Waals surface area contributed by atoms with Crippen LogP contribution in [0.25, 0.3) is 0 Å². The molecule has 2 aliphatic heterocycles. The van der Waals surface area contributed by atoms with Gasteiger partial charge in [0.15, 0.2) is 0 Å². The molecule has 0 radical (unpaired) electrons. The predicted octanol–water partition coefficient (Wildman–Crippen LogP) is 1.80. The molecule has 0 aromatic carbocycles. The number of hydrogen-bond acceptors (Lipinski definition) is 5. The van der Waals surface area contributed by atoms with Crippen LogP contribution in [0.5, 0.6) is 0 Å². The maximum absolute atomic E-state index is 12.9. The number of amides is 2. The molecule has 0 aliphatic carbocycles. The lowest BCUT2D eigenvalue weighted by atomic mass is 9.83. The second kappa shape index (κ2) is 7.79. The molecule has 2 bridgehead atoms. The number of fused-ring (bicyclic) bond motifs is 4. The monoisotopic (exact) mass is 398 g/mol. The molecule has 8 heteroatoms. The fourth-order valence-electron chi connectivity index (χ4n) is 4.20. The van der Waals surface area contributed by atoms with Gasteiger partial charge in [-0.3, -0.25) is 19.4 Å². The van der Waals surface area contributed by atoms with Gasteiger partial charge in [0.1, 0.15) is 5.69 Å². The Hall–Kier alpha value is -2.61. The zero-order valence-electron chi connectivity index (χ0n) is 15.6. The third-order valence-corrected chi connectivity index (χ3v) is 5.90. The van der Waals surface area contributed by atoms with Crippen LogP contribution in [0.4, 0.5) is 5.69 Å². The Bertz CT molecular complexity index is 960. The van der Waals surface area contributed by atoms with Crippen LogP contribution in [-0.2, 0) is 11.3 Å². The molecule has 2 unspecified atom stereocenters. The summed E-state index contributed by atoms with van der Waals surface area (Å²) < 4.78 is 1.78. The Balaban J connectivity index is 1.57. The number of nitrogens with zero attached hydrogens (tertiary/aromatic N) is 3. The van der Waals surface area contributed by atoms with Gasteiger partial charge in [0.2, 0.25) is 5.91 Å². The molecule has 2 aromatic rings. The van der Waals surface area contributed by atoms with Crippen LogP contribution >= 0.6 is 11.8 Å². The van der Waals surface area contributed by atoms with Crippen molar-refractivity contribution in [2.45, 2.75) is 18.9 Å². The van der Waals surface area contributed by atoms with E-state index in [0.717, 1.165) is 12.1 Å². The molecule has 2 atom stereocenters. The van der Waals surface area contributed by atoms with Crippen molar-refractivity contribution in [2.75, 3.05) is 30.4 Å². The van der Waals surface area contributed by atoms with E-state index in [4.69, 9.17) is 0 Å². The van der Waals surface area contributed by atoms with E-state index in [1.165, 1.54) is 11.8 Å². The van der Waals surface area contributed by atoms with E-state index in [2.05, 4.69) is 10.3 Å². The van der Waals surface area contributed by atoms with Crippen molar-refractivity contribution < 1.29 is 9.59 Å². The molecule has 1 N–H and O–H groups in total. The van der Waals surface area contributed by atoms with Crippen LogP contribution in [0.2, 0.25) is 0 Å². The third-order valence-electron chi connectivity index (χ3n) is 5.35. The molecule has 4 rings (SSSR count). The van der Waals surface area contributed by atoms with Gasteiger partial charge in [-0.1, -0.05) is 0 Å². The summed E-state index contributed by atoms with van der Waals surface area (Å²) in [6.07, 6.45) is 6.06. The normalized spacial score (nSPS) is 20.4. The first-order chi connectivity index (χ1) is 13.6. The third kappa shape index (κ3) is 3.56. The highest BCUT2D eigenvalue weighted by atomic mass is 32.2. The molecule has 0 spiro atoms. The van der Waals surface area contributed by atoms with E-state index in [9.17, 15) is 14.4 Å². The van der Waals surface area contributed by atoms with Crippen molar-refractivity contribution in [1.29, 1.82) is 0 Å². The zero-order chi connectivity index (χ0) is 19.7. The van der Waals surface area contributed by atoms with Crippen molar-refractivity contribution in [3.8, 4) is 0 Å². The van der Waals surface area contributed by atoms with E-state index in [1.807, 2.05) is 17.2 Å². The zero-order valence-corrected chi connectivity index (χ0v) is 16.4. The van der Waals surface area contributed by atoms with E-state index in [1.54, 1.807) is 35.2 Å². The number of pyridine rings is 2. The van der Waals surface area contributed by atoms with Gasteiger partial charge in [0, 0.05) is 43.6 Å². The number of nitrogens with one attached hydrogen (secondary N) is 1. The summed E-state index contributed by atoms with van der Waals surface area (Å²) in [5.41, 5.74) is 1.69. The number of piperidine rings is 1. The number of carbonyl (C=O) groups excluding carboxylic acids is 2. The van der Waals surface area contributed by atoms with Crippen LogP contribution in [0.3, 0.4) is 0 Å². The summed E-state index contributed by atoms with van der Waals surface area (Å²) in [5, 5.41) is 2.71. The average molecular weight is 398 g/mol. The number of likely N-dealkylation sites (tertiary alicyclic amines) is 1. The van der Waals surface area contributed by atoms with Gasteiger partial charge < -0.3 is 14.8 Å². The lowest BCUT2D eigenvalue weighted by Gasteiger charge is -2.42. The summed E-state index contributed by atoms with van der Waals surface area (Å²) in [5.74, 6) is 0.477. The predicted molar refractivity (Wildman–Crippen MR) is 109 cm³/mol. The van der Waals surface area contributed by atoms with Crippen molar-refractivity contribution >= 4 is 29.3 Å². The van der Waals surface area contributed by atoms with Crippen molar-refractivity contribution in [2.24, 2.45) is 5.92 Å². The van der Waals surface area contributed by atoms with Crippen LogP contribution < -0.4 is 10.9 Å². The van der Waals surface area contributed by atoms with E-state index in [0.29, 0.717) is 36.6 Å². The highest BCUT2D eigenvalue weighted by molar-refractivity contribution is 7.99. The van der Waals surface area contributed by atoms with E-state index >= 15 is 0 Å². The van der Waals surface area contributed by atoms with Crippen LogP contribution in [0.1, 0.15) is 28.4 Å². The lowest BCUT2D eigenvalue weighted by molar-refractivity contribution is -0.113. The highest BCUT2D eigenvalue weighted by Crippen LogP contribution is 2.35. The Labute approximate surface area is 167 Å². The largest absolute Gasteiger partial charge is 0.338 e. The number of carbonyl (C=O) groups is 2. The fourth-order valence-corrected chi connectivity index (χ4v) is 4.53. The molecular formula is C20H22N4O3S. The first-order valence-electron chi connectivity index (χ1n) is 9.28. The van der Waals surface area contributed by atoms with Crippen LogP contribution in [-0.4, -0.2) is 51.4 Å². The number of rotatable bonds is 4. The smallest absolute Gasteiger partial charge is 0.274 e. The van der Waals surface area contributed by atoms with Crippen molar-refractivity contribution in [3.05, 3.63) is 58.3 Å². The summed E-state index contributed by atoms with van der Waals surface area (Å²) in [4.78, 5) is 43.5. The molecule has 1 fully saturated rings. The maximum atomic E-state index is 12.9. The number of aromatic nitrogens is 2. The van der Waals surface area contributed by atoms with Gasteiger partial charge in [-0.25, -0.2) is 0 Å². The van der Waals surface area contributed by atoms with Gasteiger partial charge in [-0.2, -0.15) is 11.8 Å². The minimum absolute atomic E-state index is 0.0143. The first-order valence-corrected chi connectivity index (χ1v) is 10.7. The number of thioether (sulfide) groups is 1. The second-order valence-corrected chi connectivity index (χ2v) is 8.19. The Morgan fingerprint density at radius 3 is 2.86 bits per heavy atom. The minimum Gasteiger partial charge on any atom is -0.338 e. The van der Waals surface area contributed by atoms with E-state index < -0.39 is 0 Å². The summed E-state index contributed by atoms with van der Waals surface area (Å²) in [6, 6.07) is 7.14. The standard InChI is InChI=1S/C20H22N4O3S/c1-28-12-18(25)22-16-4-5-17-15-7-13(10-24(17)20(16)27)9-23(11-15)19(26)14-3-2-6-21-8-14/h2-6,8,13,15H,7,9-12H2,1H3,(H,22,25). The van der Waals surface area contributed by atoms with E-state index in [-0.39, 0.29) is 29.2 Å². The summed E-state index contributed by atoms with van der Waals surface area (Å²) >= 11 is 1.42. The van der Waals surface area contributed by atoms with Gasteiger partial charge in [-0.05, 0) is 42.9 Å². The molecule has 1 saturated heterocycles. The Morgan fingerprint density at radius 2 is 2.11 bits per heavy atom. The van der Waals surface area contributed by atoms with Crippen LogP contribution in [0.15, 0.2) is 41.5 Å². The Kier molecular flexibility index (Phi) is 5.21. The molecular weight excluding hydrogens is 376 g/mol. The lowest BCUT2D eigenvalue weighted by Crippen LogP contribution is -2.49. The number of hydrogen-bond donors (Lipinski definition) is 1. The molecule has 7 nitrogen and oxygen atoms in total. The minimum atomic E-state index is -0.172. The SMILES string of the molecule is CSCC(=O)Nc1ccc2n(c1=O)CC1CC2CN(C(=O)c2cccnc2)C1. The van der Waals surface area contributed by atoms with Crippen LogP contribution in [0, 0.1) is 5.92 Å². The van der Waals surface area contributed by atoms with Crippen molar-refractivity contribution in [3.63, 3.8) is 0 Å². The molecule has 2 aliphatic rings. The number of anilines is 1. The summed E-state index contributed by atoms with van der Waals surface area (Å²) in [7, 11) is 0. The highest BCUT2D eigenvalue weighted by Gasteiger charge is 2.37. The van der Waals surface area contributed by atoms with Gasteiger partial charge in [0.25, 0.3) is 11.5 Å². The topological polar surface area (TPSA) is 84.3 Å². The average Bonchev–Trinajstić information content (AvgIpc) is 2.70. The second-order valence-electron chi connectivity index (χ2n) is 7.32. The summed E-state index contributed by atoms with van der Waals surface area (Å²) in [6.45, 7) is 1.77. The molecule has 4 heterocycles. The Morgan fingerprint density at radius 1 is 1.25 bits per heavy atom. The quantitative estimate of drug-likeness (QED) is 0.849. The van der Waals surface area contributed by atoms with Gasteiger partial charge >= 0.3 is 0 Å². The first kappa shape index (κ1) is 18.7. The van der Waals surface area contributed by atoms with Crippen molar-refractivity contribution in [1.82, 2.24) is 14.5 Å². The molecule has 28 heavy (non-hydrogen) atoms. The molecule has 146 valence electrons.